The van der Waals surface area contributed by atoms with Crippen LogP contribution in [0.3, 0.4) is 0 Å². The van der Waals surface area contributed by atoms with Gasteiger partial charge in [-0.25, -0.2) is 0 Å². The fourth-order valence-electron chi connectivity index (χ4n) is 1.94. The van der Waals surface area contributed by atoms with Crippen LogP contribution in [-0.4, -0.2) is 17.9 Å². The largest absolute Gasteiger partial charge is 0.444 e. The maximum atomic E-state index is 12.1. The van der Waals surface area contributed by atoms with E-state index in [0.717, 1.165) is 12.0 Å². The minimum absolute atomic E-state index is 0.109. The van der Waals surface area contributed by atoms with Gasteiger partial charge in [0, 0.05) is 18.2 Å². The Labute approximate surface area is 143 Å². The third-order valence-corrected chi connectivity index (χ3v) is 3.86. The van der Waals surface area contributed by atoms with E-state index in [1.54, 1.807) is 30.3 Å². The number of halogens is 1. The number of rotatable bonds is 6. The number of nitrogens with one attached hydrogen (secondary N) is 2. The molecule has 1 atom stereocenters. The Bertz CT molecular complexity index is 697. The molecule has 1 aromatic carbocycles. The van der Waals surface area contributed by atoms with Crippen LogP contribution in [0.15, 0.2) is 45.5 Å². The average Bonchev–Trinajstić information content (AvgIpc) is 2.99. The fourth-order valence-corrected chi connectivity index (χ4v) is 2.24. The van der Waals surface area contributed by atoms with Gasteiger partial charge in [-0.2, -0.15) is 0 Å². The Morgan fingerprint density at radius 1 is 1.22 bits per heavy atom. The lowest BCUT2D eigenvalue weighted by Gasteiger charge is -2.12. The molecule has 6 heteroatoms. The molecule has 0 aliphatic heterocycles. The lowest BCUT2D eigenvalue weighted by Crippen LogP contribution is -2.32. The fraction of sp³-hybridized carbons (Fsp3) is 0.294. The molecule has 0 saturated carbocycles. The molecule has 0 spiro atoms. The Hall–Kier alpha value is -2.08. The van der Waals surface area contributed by atoms with Gasteiger partial charge in [-0.05, 0) is 59.1 Å². The van der Waals surface area contributed by atoms with Gasteiger partial charge in [0.05, 0.1) is 0 Å². The molecule has 1 heterocycles. The van der Waals surface area contributed by atoms with Crippen molar-refractivity contribution in [1.82, 2.24) is 10.6 Å². The molecule has 0 unspecified atom stereocenters. The summed E-state index contributed by atoms with van der Waals surface area (Å²) in [6, 6.07) is 10.6. The third-order valence-electron chi connectivity index (χ3n) is 3.43. The van der Waals surface area contributed by atoms with Crippen molar-refractivity contribution in [1.29, 1.82) is 0 Å². The molecule has 2 rings (SSSR count). The Morgan fingerprint density at radius 3 is 2.65 bits per heavy atom. The lowest BCUT2D eigenvalue weighted by atomic mass is 10.1. The van der Waals surface area contributed by atoms with Crippen LogP contribution in [0.2, 0.25) is 0 Å². The molecular formula is C17H19BrN2O3. The van der Waals surface area contributed by atoms with Crippen LogP contribution in [0.1, 0.15) is 46.7 Å². The molecular weight excluding hydrogens is 360 g/mol. The first-order valence-electron chi connectivity index (χ1n) is 7.43. The van der Waals surface area contributed by atoms with Gasteiger partial charge in [-0.15, -0.1) is 0 Å². The topological polar surface area (TPSA) is 71.3 Å². The normalized spacial score (nSPS) is 11.8. The second kappa shape index (κ2) is 7.97. The van der Waals surface area contributed by atoms with Gasteiger partial charge in [0.2, 0.25) is 0 Å². The third kappa shape index (κ3) is 4.96. The van der Waals surface area contributed by atoms with Gasteiger partial charge in [0.15, 0.2) is 10.4 Å². The highest BCUT2D eigenvalue weighted by Gasteiger charge is 2.11. The van der Waals surface area contributed by atoms with Crippen molar-refractivity contribution in [3.05, 3.63) is 58.0 Å². The number of carbonyl (C=O) groups is 2. The van der Waals surface area contributed by atoms with Crippen LogP contribution < -0.4 is 10.6 Å². The molecule has 0 radical (unpaired) electrons. The highest BCUT2D eigenvalue weighted by Crippen LogP contribution is 2.14. The highest BCUT2D eigenvalue weighted by molar-refractivity contribution is 9.10. The van der Waals surface area contributed by atoms with Crippen LogP contribution in [-0.2, 0) is 6.54 Å². The van der Waals surface area contributed by atoms with Crippen molar-refractivity contribution in [2.75, 3.05) is 0 Å². The number of benzene rings is 1. The second-order valence-electron chi connectivity index (χ2n) is 5.27. The van der Waals surface area contributed by atoms with Crippen molar-refractivity contribution in [3.8, 4) is 0 Å². The first kappa shape index (κ1) is 17.3. The lowest BCUT2D eigenvalue weighted by molar-refractivity contribution is 0.0920. The zero-order chi connectivity index (χ0) is 16.8. The Balaban J connectivity index is 1.97. The van der Waals surface area contributed by atoms with Crippen LogP contribution in [0, 0.1) is 0 Å². The number of furan rings is 1. The summed E-state index contributed by atoms with van der Waals surface area (Å²) in [7, 11) is 0. The molecule has 2 N–H and O–H groups in total. The molecule has 0 bridgehead atoms. The molecule has 1 aromatic heterocycles. The molecule has 0 saturated heterocycles. The smallest absolute Gasteiger partial charge is 0.287 e. The van der Waals surface area contributed by atoms with E-state index in [-0.39, 0.29) is 23.6 Å². The molecule has 2 amide bonds. The van der Waals surface area contributed by atoms with Gasteiger partial charge in [0.1, 0.15) is 0 Å². The van der Waals surface area contributed by atoms with Crippen molar-refractivity contribution in [2.24, 2.45) is 0 Å². The standard InChI is InChI=1S/C17H19BrN2O3/c1-3-11(2)20-16(21)13-6-4-5-12(9-13)10-19-17(22)14-7-8-15(18)23-14/h4-9,11H,3,10H2,1-2H3,(H,19,22)(H,20,21)/t11-/m1/s1. The zero-order valence-electron chi connectivity index (χ0n) is 13.1. The highest BCUT2D eigenvalue weighted by atomic mass is 79.9. The minimum Gasteiger partial charge on any atom is -0.444 e. The van der Waals surface area contributed by atoms with E-state index in [1.165, 1.54) is 0 Å². The minimum atomic E-state index is -0.301. The summed E-state index contributed by atoms with van der Waals surface area (Å²) in [5, 5.41) is 5.68. The van der Waals surface area contributed by atoms with Gasteiger partial charge < -0.3 is 15.1 Å². The van der Waals surface area contributed by atoms with Gasteiger partial charge in [-0.1, -0.05) is 19.1 Å². The predicted octanol–water partition coefficient (Wildman–Crippen LogP) is 3.50. The summed E-state index contributed by atoms with van der Waals surface area (Å²) in [5.41, 5.74) is 1.43. The number of carbonyl (C=O) groups excluding carboxylic acids is 2. The zero-order valence-corrected chi connectivity index (χ0v) is 14.6. The van der Waals surface area contributed by atoms with Crippen LogP contribution >= 0.6 is 15.9 Å². The summed E-state index contributed by atoms with van der Waals surface area (Å²) in [4.78, 5) is 24.0. The second-order valence-corrected chi connectivity index (χ2v) is 6.05. The van der Waals surface area contributed by atoms with E-state index in [1.807, 2.05) is 19.9 Å². The molecule has 23 heavy (non-hydrogen) atoms. The maximum Gasteiger partial charge on any atom is 0.287 e. The summed E-state index contributed by atoms with van der Waals surface area (Å²) in [6.45, 7) is 4.30. The van der Waals surface area contributed by atoms with Crippen molar-refractivity contribution in [2.45, 2.75) is 32.9 Å². The molecule has 122 valence electrons. The summed E-state index contributed by atoms with van der Waals surface area (Å²) < 4.78 is 5.70. The average molecular weight is 379 g/mol. The monoisotopic (exact) mass is 378 g/mol. The molecule has 0 fully saturated rings. The SMILES string of the molecule is CC[C@@H](C)NC(=O)c1cccc(CNC(=O)c2ccc(Br)o2)c1. The van der Waals surface area contributed by atoms with E-state index in [0.29, 0.717) is 16.8 Å². The molecule has 0 aliphatic carbocycles. The van der Waals surface area contributed by atoms with Gasteiger partial charge >= 0.3 is 0 Å². The van der Waals surface area contributed by atoms with E-state index in [4.69, 9.17) is 4.42 Å². The number of hydrogen-bond acceptors (Lipinski definition) is 3. The molecule has 5 nitrogen and oxygen atoms in total. The number of amides is 2. The first-order chi connectivity index (χ1) is 11.0. The van der Waals surface area contributed by atoms with Gasteiger partial charge in [-0.3, -0.25) is 9.59 Å². The molecule has 2 aromatic rings. The van der Waals surface area contributed by atoms with Crippen molar-refractivity contribution in [3.63, 3.8) is 0 Å². The quantitative estimate of drug-likeness (QED) is 0.807. The van der Waals surface area contributed by atoms with E-state index in [9.17, 15) is 9.59 Å². The molecule has 0 aliphatic rings. The predicted molar refractivity (Wildman–Crippen MR) is 91.2 cm³/mol. The van der Waals surface area contributed by atoms with Crippen LogP contribution in [0.4, 0.5) is 0 Å². The summed E-state index contributed by atoms with van der Waals surface area (Å²) in [5.74, 6) is -0.171. The first-order valence-corrected chi connectivity index (χ1v) is 8.22. The summed E-state index contributed by atoms with van der Waals surface area (Å²) in [6.07, 6.45) is 0.875. The van der Waals surface area contributed by atoms with E-state index >= 15 is 0 Å². The van der Waals surface area contributed by atoms with Crippen molar-refractivity contribution < 1.29 is 14.0 Å². The van der Waals surface area contributed by atoms with E-state index in [2.05, 4.69) is 26.6 Å². The maximum absolute atomic E-state index is 12.1. The van der Waals surface area contributed by atoms with Crippen molar-refractivity contribution >= 4 is 27.7 Å². The number of hydrogen-bond donors (Lipinski definition) is 2. The van der Waals surface area contributed by atoms with Crippen LogP contribution in [0.5, 0.6) is 0 Å². The Morgan fingerprint density at radius 2 is 2.00 bits per heavy atom. The summed E-state index contributed by atoms with van der Waals surface area (Å²) >= 11 is 3.16. The van der Waals surface area contributed by atoms with Gasteiger partial charge in [0.25, 0.3) is 11.8 Å². The Kier molecular flexibility index (Phi) is 5.98. The van der Waals surface area contributed by atoms with E-state index < -0.39 is 0 Å². The van der Waals surface area contributed by atoms with Crippen LogP contribution in [0.25, 0.3) is 0 Å².